The van der Waals surface area contributed by atoms with Crippen molar-refractivity contribution < 1.29 is 9.50 Å². The topological polar surface area (TPSA) is 46.2 Å². The van der Waals surface area contributed by atoms with Gasteiger partial charge in [0.1, 0.15) is 5.82 Å². The van der Waals surface area contributed by atoms with E-state index in [1.165, 1.54) is 6.07 Å². The van der Waals surface area contributed by atoms with Gasteiger partial charge in [0.25, 0.3) is 0 Å². The van der Waals surface area contributed by atoms with Gasteiger partial charge >= 0.3 is 0 Å². The lowest BCUT2D eigenvalue weighted by molar-refractivity contribution is 0.250. The molecule has 18 heavy (non-hydrogen) atoms. The number of hydrogen-bond donors (Lipinski definition) is 2. The fraction of sp³-hybridized carbons (Fsp3) is 0.571. The first-order chi connectivity index (χ1) is 8.60. The molecule has 3 N–H and O–H groups in total. The number of aliphatic hydroxyl groups is 1. The van der Waals surface area contributed by atoms with Gasteiger partial charge in [-0.3, -0.25) is 0 Å². The van der Waals surface area contributed by atoms with E-state index in [4.69, 9.17) is 10.8 Å². The molecule has 102 valence electrons. The highest BCUT2D eigenvalue weighted by Crippen LogP contribution is 2.35. The lowest BCUT2D eigenvalue weighted by atomic mass is 10.0. The second kappa shape index (κ2) is 7.77. The molecule has 0 saturated carbocycles. The van der Waals surface area contributed by atoms with Gasteiger partial charge in [0, 0.05) is 23.5 Å². The van der Waals surface area contributed by atoms with E-state index in [0.29, 0.717) is 5.56 Å². The van der Waals surface area contributed by atoms with E-state index in [9.17, 15) is 4.39 Å². The number of hydrogen-bond acceptors (Lipinski definition) is 3. The Hall–Kier alpha value is -0.580. The van der Waals surface area contributed by atoms with Gasteiger partial charge in [-0.05, 0) is 24.2 Å². The van der Waals surface area contributed by atoms with Gasteiger partial charge in [-0.1, -0.05) is 32.0 Å². The summed E-state index contributed by atoms with van der Waals surface area (Å²) in [5.41, 5.74) is 6.76. The van der Waals surface area contributed by atoms with Crippen molar-refractivity contribution in [3.8, 4) is 0 Å². The molecule has 3 atom stereocenters. The summed E-state index contributed by atoms with van der Waals surface area (Å²) in [6, 6.07) is 6.73. The average Bonchev–Trinajstić information content (AvgIpc) is 2.40. The van der Waals surface area contributed by atoms with E-state index < -0.39 is 0 Å². The van der Waals surface area contributed by atoms with Crippen molar-refractivity contribution in [2.45, 2.75) is 31.6 Å². The van der Waals surface area contributed by atoms with Crippen LogP contribution in [0, 0.1) is 11.7 Å². The molecule has 0 heterocycles. The van der Waals surface area contributed by atoms with Crippen molar-refractivity contribution in [3.63, 3.8) is 0 Å². The fourth-order valence-electron chi connectivity index (χ4n) is 1.68. The lowest BCUT2D eigenvalue weighted by Gasteiger charge is -2.24. The molecular weight excluding hydrogens is 249 g/mol. The minimum atomic E-state index is -0.199. The number of aliphatic hydroxyl groups excluding tert-OH is 1. The second-order valence-electron chi connectivity index (χ2n) is 4.64. The minimum absolute atomic E-state index is 0.0507. The summed E-state index contributed by atoms with van der Waals surface area (Å²) in [5, 5.41) is 9.00. The Kier molecular flexibility index (Phi) is 6.68. The van der Waals surface area contributed by atoms with Crippen LogP contribution in [-0.2, 0) is 0 Å². The van der Waals surface area contributed by atoms with Crippen LogP contribution in [0.3, 0.4) is 0 Å². The van der Waals surface area contributed by atoms with Crippen LogP contribution >= 0.6 is 11.8 Å². The zero-order valence-electron chi connectivity index (χ0n) is 11.0. The van der Waals surface area contributed by atoms with Crippen LogP contribution in [0.4, 0.5) is 4.39 Å². The Morgan fingerprint density at radius 1 is 1.39 bits per heavy atom. The van der Waals surface area contributed by atoms with Gasteiger partial charge in [-0.2, -0.15) is 11.8 Å². The molecule has 0 radical (unpaired) electrons. The highest BCUT2D eigenvalue weighted by atomic mass is 32.2. The Morgan fingerprint density at radius 3 is 2.61 bits per heavy atom. The smallest absolute Gasteiger partial charge is 0.127 e. The average molecular weight is 271 g/mol. The van der Waals surface area contributed by atoms with E-state index in [-0.39, 0.29) is 29.6 Å². The SMILES string of the molecule is CCC(N)C(SCC(C)CO)c1ccccc1F. The molecule has 1 aromatic rings. The van der Waals surface area contributed by atoms with Crippen molar-refractivity contribution in [1.29, 1.82) is 0 Å². The molecule has 0 aliphatic heterocycles. The molecule has 0 spiro atoms. The molecule has 0 amide bonds. The van der Waals surface area contributed by atoms with Crippen LogP contribution in [0.25, 0.3) is 0 Å². The molecule has 1 rings (SSSR count). The first kappa shape index (κ1) is 15.5. The Balaban J connectivity index is 2.82. The minimum Gasteiger partial charge on any atom is -0.396 e. The molecule has 0 fully saturated rings. The van der Waals surface area contributed by atoms with E-state index >= 15 is 0 Å². The van der Waals surface area contributed by atoms with Crippen LogP contribution in [0.1, 0.15) is 31.1 Å². The molecular formula is C14H22FNOS. The Morgan fingerprint density at radius 2 is 2.06 bits per heavy atom. The third kappa shape index (κ3) is 4.26. The first-order valence-electron chi connectivity index (χ1n) is 6.32. The lowest BCUT2D eigenvalue weighted by Crippen LogP contribution is -2.27. The van der Waals surface area contributed by atoms with Crippen molar-refractivity contribution in [3.05, 3.63) is 35.6 Å². The third-order valence-corrected chi connectivity index (χ3v) is 4.67. The van der Waals surface area contributed by atoms with Crippen LogP contribution in [0.5, 0.6) is 0 Å². The number of rotatable bonds is 7. The highest BCUT2D eigenvalue weighted by molar-refractivity contribution is 7.99. The molecule has 3 unspecified atom stereocenters. The van der Waals surface area contributed by atoms with Gasteiger partial charge in [-0.15, -0.1) is 0 Å². The first-order valence-corrected chi connectivity index (χ1v) is 7.37. The molecule has 1 aromatic carbocycles. The Labute approximate surface area is 113 Å². The number of benzene rings is 1. The second-order valence-corrected chi connectivity index (χ2v) is 5.81. The van der Waals surface area contributed by atoms with Gasteiger partial charge < -0.3 is 10.8 Å². The van der Waals surface area contributed by atoms with Crippen LogP contribution in [-0.4, -0.2) is 23.5 Å². The normalized spacial score (nSPS) is 16.3. The van der Waals surface area contributed by atoms with Crippen molar-refractivity contribution in [2.24, 2.45) is 11.7 Å². The molecule has 2 nitrogen and oxygen atoms in total. The number of thioether (sulfide) groups is 1. The standard InChI is InChI=1S/C14H22FNOS/c1-3-13(16)14(18-9-10(2)8-17)11-6-4-5-7-12(11)15/h4-7,10,13-14,17H,3,8-9,16H2,1-2H3. The zero-order chi connectivity index (χ0) is 13.5. The van der Waals surface area contributed by atoms with Crippen LogP contribution in [0.15, 0.2) is 24.3 Å². The van der Waals surface area contributed by atoms with Crippen molar-refractivity contribution in [1.82, 2.24) is 0 Å². The van der Waals surface area contributed by atoms with Gasteiger partial charge in [0.2, 0.25) is 0 Å². The van der Waals surface area contributed by atoms with E-state index in [1.54, 1.807) is 23.9 Å². The summed E-state index contributed by atoms with van der Waals surface area (Å²) in [6.45, 7) is 4.13. The van der Waals surface area contributed by atoms with E-state index in [1.807, 2.05) is 19.9 Å². The van der Waals surface area contributed by atoms with Crippen LogP contribution in [0.2, 0.25) is 0 Å². The summed E-state index contributed by atoms with van der Waals surface area (Å²) in [6.07, 6.45) is 0.805. The summed E-state index contributed by atoms with van der Waals surface area (Å²) in [4.78, 5) is 0. The molecule has 0 saturated heterocycles. The predicted molar refractivity (Wildman–Crippen MR) is 76.1 cm³/mol. The van der Waals surface area contributed by atoms with Crippen molar-refractivity contribution in [2.75, 3.05) is 12.4 Å². The van der Waals surface area contributed by atoms with Gasteiger partial charge in [0.05, 0.1) is 0 Å². The van der Waals surface area contributed by atoms with E-state index in [2.05, 4.69) is 0 Å². The third-order valence-electron chi connectivity index (χ3n) is 2.94. The maximum absolute atomic E-state index is 13.8. The predicted octanol–water partition coefficient (Wildman–Crippen LogP) is 2.97. The summed E-state index contributed by atoms with van der Waals surface area (Å²) >= 11 is 1.63. The summed E-state index contributed by atoms with van der Waals surface area (Å²) in [5.74, 6) is 0.785. The number of halogens is 1. The highest BCUT2D eigenvalue weighted by Gasteiger charge is 2.22. The van der Waals surface area contributed by atoms with Crippen LogP contribution < -0.4 is 5.73 Å². The fourth-order valence-corrected chi connectivity index (χ4v) is 3.14. The van der Waals surface area contributed by atoms with Crippen molar-refractivity contribution >= 4 is 11.8 Å². The zero-order valence-corrected chi connectivity index (χ0v) is 11.8. The summed E-state index contributed by atoms with van der Waals surface area (Å²) < 4.78 is 13.8. The maximum Gasteiger partial charge on any atom is 0.127 e. The van der Waals surface area contributed by atoms with Gasteiger partial charge in [-0.25, -0.2) is 4.39 Å². The monoisotopic (exact) mass is 271 g/mol. The maximum atomic E-state index is 13.8. The van der Waals surface area contributed by atoms with Gasteiger partial charge in [0.15, 0.2) is 0 Å². The molecule has 0 aliphatic rings. The molecule has 0 aliphatic carbocycles. The number of nitrogens with two attached hydrogens (primary N) is 1. The molecule has 0 bridgehead atoms. The Bertz CT molecular complexity index is 361. The molecule has 0 aromatic heterocycles. The largest absolute Gasteiger partial charge is 0.396 e. The molecule has 4 heteroatoms. The summed E-state index contributed by atoms with van der Waals surface area (Å²) in [7, 11) is 0. The van der Waals surface area contributed by atoms with E-state index in [0.717, 1.165) is 12.2 Å². The quantitative estimate of drug-likeness (QED) is 0.801.